The Morgan fingerprint density at radius 3 is 2.51 bits per heavy atom. The fraction of sp³-hybridized carbons (Fsp3) is 0.386. The van der Waals surface area contributed by atoms with Crippen molar-refractivity contribution < 1.29 is 37.0 Å². The SMILES string of the molecule is CN(C)CC#Cc1ccc(OCCCc2sc(N3CCc4cccc(C(=O)Nc5nc6ccccc6s5)c4C3)nc2C(=O)NS(=O)(=O)CCCCCCCCC(=O)O)c(F)c1. The minimum Gasteiger partial charge on any atom is -0.491 e. The lowest BCUT2D eigenvalue weighted by atomic mass is 9.94. The lowest BCUT2D eigenvalue weighted by Gasteiger charge is -2.29. The predicted octanol–water partition coefficient (Wildman–Crippen LogP) is 7.51. The third-order valence-corrected chi connectivity index (χ3v) is 13.3. The van der Waals surface area contributed by atoms with Crippen LogP contribution in [0.25, 0.3) is 10.2 Å². The molecule has 0 saturated carbocycles. The van der Waals surface area contributed by atoms with E-state index in [4.69, 9.17) is 14.8 Å². The zero-order valence-corrected chi connectivity index (χ0v) is 36.6. The number of anilines is 2. The average Bonchev–Trinajstić information content (AvgIpc) is 3.84. The number of aliphatic carboxylic acids is 1. The number of unbranched alkanes of at least 4 members (excludes halogenated alkanes) is 5. The molecular formula is C44H49FN6O7S3. The van der Waals surface area contributed by atoms with Crippen molar-refractivity contribution in [3.8, 4) is 17.6 Å². The van der Waals surface area contributed by atoms with E-state index in [1.807, 2.05) is 60.3 Å². The third kappa shape index (κ3) is 13.0. The van der Waals surface area contributed by atoms with Gasteiger partial charge in [0, 0.05) is 35.5 Å². The number of carboxylic acid groups (broad SMARTS) is 1. The number of carbonyl (C=O) groups is 3. The monoisotopic (exact) mass is 888 g/mol. The number of ether oxygens (including phenoxy) is 1. The van der Waals surface area contributed by atoms with E-state index in [9.17, 15) is 27.2 Å². The molecule has 2 aromatic heterocycles. The highest BCUT2D eigenvalue weighted by Gasteiger charge is 2.28. The van der Waals surface area contributed by atoms with Crippen molar-refractivity contribution in [3.63, 3.8) is 0 Å². The number of aromatic nitrogens is 2. The number of hydrogen-bond donors (Lipinski definition) is 3. The molecule has 0 bridgehead atoms. The van der Waals surface area contributed by atoms with Crippen LogP contribution in [0.15, 0.2) is 60.7 Å². The fourth-order valence-corrected chi connectivity index (χ4v) is 9.84. The van der Waals surface area contributed by atoms with Gasteiger partial charge in [-0.05, 0) is 93.7 Å². The van der Waals surface area contributed by atoms with Crippen molar-refractivity contribution in [2.45, 2.75) is 70.8 Å². The molecule has 0 aliphatic carbocycles. The minimum atomic E-state index is -3.99. The summed E-state index contributed by atoms with van der Waals surface area (Å²) < 4.78 is 50.0. The zero-order valence-electron chi connectivity index (χ0n) is 34.2. The van der Waals surface area contributed by atoms with Crippen LogP contribution in [0.2, 0.25) is 0 Å². The Hall–Kier alpha value is -5.41. The molecule has 3 N–H and O–H groups in total. The Labute approximate surface area is 363 Å². The quantitative estimate of drug-likeness (QED) is 0.0522. The molecular weight excluding hydrogens is 840 g/mol. The van der Waals surface area contributed by atoms with Gasteiger partial charge in [0.15, 0.2) is 21.8 Å². The Bertz CT molecular complexity index is 2500. The van der Waals surface area contributed by atoms with Gasteiger partial charge in [-0.1, -0.05) is 73.1 Å². The highest BCUT2D eigenvalue weighted by Crippen LogP contribution is 2.34. The van der Waals surface area contributed by atoms with E-state index in [0.29, 0.717) is 84.4 Å². The Morgan fingerprint density at radius 1 is 0.951 bits per heavy atom. The topological polar surface area (TPSA) is 171 Å². The van der Waals surface area contributed by atoms with Gasteiger partial charge in [-0.3, -0.25) is 24.6 Å². The van der Waals surface area contributed by atoms with Gasteiger partial charge in [0.1, 0.15) is 5.69 Å². The van der Waals surface area contributed by atoms with Gasteiger partial charge in [-0.2, -0.15) is 0 Å². The van der Waals surface area contributed by atoms with E-state index >= 15 is 0 Å². The maximum absolute atomic E-state index is 14.9. The molecule has 0 fully saturated rings. The number of thiazole rings is 2. The number of carboxylic acids is 1. The van der Waals surface area contributed by atoms with Crippen LogP contribution in [-0.2, 0) is 34.2 Å². The third-order valence-electron chi connectivity index (χ3n) is 9.87. The van der Waals surface area contributed by atoms with E-state index in [1.165, 1.54) is 34.8 Å². The van der Waals surface area contributed by atoms with Crippen LogP contribution >= 0.6 is 22.7 Å². The van der Waals surface area contributed by atoms with E-state index in [1.54, 1.807) is 12.1 Å². The number of para-hydroxylation sites is 1. The molecule has 0 unspecified atom stereocenters. The van der Waals surface area contributed by atoms with Gasteiger partial charge < -0.3 is 14.7 Å². The largest absolute Gasteiger partial charge is 0.491 e. The van der Waals surface area contributed by atoms with Crippen LogP contribution in [0.3, 0.4) is 0 Å². The summed E-state index contributed by atoms with van der Waals surface area (Å²) in [7, 11) is -0.198. The maximum atomic E-state index is 14.9. The molecule has 61 heavy (non-hydrogen) atoms. The second kappa shape index (κ2) is 21.4. The highest BCUT2D eigenvalue weighted by molar-refractivity contribution is 7.90. The second-order valence-corrected chi connectivity index (χ2v) is 18.9. The van der Waals surface area contributed by atoms with Crippen LogP contribution in [-0.4, -0.2) is 85.7 Å². The molecule has 322 valence electrons. The molecule has 13 nitrogen and oxygen atoms in total. The lowest BCUT2D eigenvalue weighted by Crippen LogP contribution is -2.34. The van der Waals surface area contributed by atoms with Gasteiger partial charge in [-0.25, -0.2) is 27.5 Å². The number of halogens is 1. The minimum absolute atomic E-state index is 0.0125. The number of carbonyl (C=O) groups excluding carboxylic acids is 2. The number of nitrogens with one attached hydrogen (secondary N) is 2. The van der Waals surface area contributed by atoms with Crippen LogP contribution in [0.1, 0.15) is 93.8 Å². The molecule has 6 rings (SSSR count). The lowest BCUT2D eigenvalue weighted by molar-refractivity contribution is -0.137. The molecule has 3 heterocycles. The van der Waals surface area contributed by atoms with Crippen LogP contribution < -0.4 is 19.7 Å². The summed E-state index contributed by atoms with van der Waals surface area (Å²) in [5.41, 5.74) is 3.66. The van der Waals surface area contributed by atoms with Gasteiger partial charge in [-0.15, -0.1) is 11.3 Å². The molecule has 0 spiro atoms. The molecule has 3 aromatic carbocycles. The van der Waals surface area contributed by atoms with Gasteiger partial charge in [0.2, 0.25) is 10.0 Å². The first-order valence-corrected chi connectivity index (χ1v) is 23.5. The average molecular weight is 889 g/mol. The smallest absolute Gasteiger partial charge is 0.303 e. The van der Waals surface area contributed by atoms with E-state index in [0.717, 1.165) is 40.6 Å². The first-order valence-electron chi connectivity index (χ1n) is 20.2. The van der Waals surface area contributed by atoms with Crippen LogP contribution in [0, 0.1) is 17.7 Å². The van der Waals surface area contributed by atoms with Crippen molar-refractivity contribution in [1.82, 2.24) is 19.6 Å². The molecule has 0 radical (unpaired) electrons. The first-order chi connectivity index (χ1) is 29.3. The van der Waals surface area contributed by atoms with Gasteiger partial charge >= 0.3 is 5.97 Å². The van der Waals surface area contributed by atoms with Crippen molar-refractivity contribution in [1.29, 1.82) is 0 Å². The normalized spacial score (nSPS) is 12.5. The summed E-state index contributed by atoms with van der Waals surface area (Å²) in [6, 6.07) is 17.8. The molecule has 1 aliphatic heterocycles. The number of nitrogens with zero attached hydrogens (tertiary/aromatic N) is 4. The van der Waals surface area contributed by atoms with Gasteiger partial charge in [0.05, 0.1) is 29.1 Å². The Balaban J connectivity index is 1.14. The van der Waals surface area contributed by atoms with Gasteiger partial charge in [0.25, 0.3) is 11.8 Å². The molecule has 2 amide bonds. The summed E-state index contributed by atoms with van der Waals surface area (Å²) >= 11 is 2.67. The van der Waals surface area contributed by atoms with Crippen molar-refractivity contribution in [3.05, 3.63) is 99.3 Å². The number of benzene rings is 3. The van der Waals surface area contributed by atoms with Crippen LogP contribution in [0.5, 0.6) is 5.75 Å². The van der Waals surface area contributed by atoms with E-state index in [2.05, 4.69) is 26.9 Å². The molecule has 0 atom stereocenters. The molecule has 0 saturated heterocycles. The zero-order chi connectivity index (χ0) is 43.4. The Kier molecular flexibility index (Phi) is 15.8. The predicted molar refractivity (Wildman–Crippen MR) is 238 cm³/mol. The summed E-state index contributed by atoms with van der Waals surface area (Å²) in [5, 5.41) is 12.8. The van der Waals surface area contributed by atoms with E-state index < -0.39 is 27.7 Å². The second-order valence-electron chi connectivity index (χ2n) is 15.0. The number of aryl methyl sites for hydroxylation is 1. The number of amides is 2. The molecule has 17 heteroatoms. The summed E-state index contributed by atoms with van der Waals surface area (Å²) in [4.78, 5) is 51.8. The maximum Gasteiger partial charge on any atom is 0.303 e. The molecule has 5 aromatic rings. The number of rotatable bonds is 20. The van der Waals surface area contributed by atoms with E-state index in [-0.39, 0.29) is 36.1 Å². The summed E-state index contributed by atoms with van der Waals surface area (Å²) in [5.74, 6) is 3.24. The standard InChI is InChI=1S/C44H49FN6O7S3/c1-50(2)24-12-14-30-21-22-36(34(45)28-30)58-26-13-19-38-40(42(55)49-61(56,57)27-10-6-4-3-5-7-20-39(52)53)47-44(60-38)51-25-23-31-15-11-16-32(33(31)29-51)41(54)48-43-46-35-17-8-9-18-37(35)59-43/h8-9,11,15-18,21-22,28H,3-7,10,13,19-20,23-27,29H2,1-2H3,(H,49,55)(H,52,53)(H,46,48,54). The molecule has 1 aliphatic rings. The fourth-order valence-electron chi connectivity index (χ4n) is 6.79. The highest BCUT2D eigenvalue weighted by atomic mass is 32.2. The number of sulfonamides is 1. The van der Waals surface area contributed by atoms with Crippen molar-refractivity contribution in [2.24, 2.45) is 0 Å². The number of hydrogen-bond acceptors (Lipinski definition) is 12. The summed E-state index contributed by atoms with van der Waals surface area (Å²) in [6.45, 7) is 1.55. The number of fused-ring (bicyclic) bond motifs is 2. The first kappa shape index (κ1) is 45.1. The van der Waals surface area contributed by atoms with Crippen LogP contribution in [0.4, 0.5) is 14.7 Å². The van der Waals surface area contributed by atoms with Crippen molar-refractivity contribution >= 4 is 71.0 Å². The Morgan fingerprint density at radius 2 is 1.74 bits per heavy atom. The summed E-state index contributed by atoms with van der Waals surface area (Å²) in [6.07, 6.45) is 5.27. The van der Waals surface area contributed by atoms with Crippen molar-refractivity contribution in [2.75, 3.05) is 49.8 Å².